The number of nitrogens with zero attached hydrogens (tertiary/aromatic N) is 3. The van der Waals surface area contributed by atoms with Gasteiger partial charge < -0.3 is 10.6 Å². The summed E-state index contributed by atoms with van der Waals surface area (Å²) >= 11 is 13.2. The van der Waals surface area contributed by atoms with Crippen LogP contribution in [0.15, 0.2) is 41.7 Å². The summed E-state index contributed by atoms with van der Waals surface area (Å²) in [6.45, 7) is 5.77. The lowest BCUT2D eigenvalue weighted by Crippen LogP contribution is -2.32. The number of anilines is 1. The van der Waals surface area contributed by atoms with E-state index in [-0.39, 0.29) is 28.5 Å². The normalized spacial score (nSPS) is 11.9. The minimum Gasteiger partial charge on any atom is -0.342 e. The molecular formula is C21H22Cl2N6O2S. The number of aromatic nitrogens is 4. The van der Waals surface area contributed by atoms with Crippen molar-refractivity contribution in [3.63, 3.8) is 0 Å². The average molecular weight is 493 g/mol. The highest BCUT2D eigenvalue weighted by molar-refractivity contribution is 7.99. The standard InChI is InChI=1S/C21H22Cl2N6O2S/c1-11(2)17(26-20(31)14-7-6-13(22)9-15(14)23)19-27-21(29-28-19)32-10-16(30)25-18-12(3)5-4-8-24-18/h4-9,11,17H,10H2,1-3H3,(H,26,31)(H,24,25,30)(H,27,28,29)/t17-/m1/s1. The van der Waals surface area contributed by atoms with E-state index in [1.54, 1.807) is 24.4 Å². The number of hydrogen-bond acceptors (Lipinski definition) is 6. The minimum absolute atomic E-state index is 0.0197. The summed E-state index contributed by atoms with van der Waals surface area (Å²) in [4.78, 5) is 33.5. The third-order valence-corrected chi connectivity index (χ3v) is 5.90. The van der Waals surface area contributed by atoms with Gasteiger partial charge in [-0.05, 0) is 42.7 Å². The molecule has 3 rings (SSSR count). The second-order valence-electron chi connectivity index (χ2n) is 7.33. The molecule has 1 aromatic carbocycles. The number of aryl methyl sites for hydroxylation is 1. The van der Waals surface area contributed by atoms with Crippen LogP contribution in [0.25, 0.3) is 0 Å². The van der Waals surface area contributed by atoms with Crippen molar-refractivity contribution < 1.29 is 9.59 Å². The van der Waals surface area contributed by atoms with Gasteiger partial charge in [0, 0.05) is 11.2 Å². The monoisotopic (exact) mass is 492 g/mol. The molecule has 0 spiro atoms. The Kier molecular flexibility index (Phi) is 8.11. The largest absolute Gasteiger partial charge is 0.342 e. The van der Waals surface area contributed by atoms with E-state index in [4.69, 9.17) is 23.2 Å². The van der Waals surface area contributed by atoms with E-state index >= 15 is 0 Å². The van der Waals surface area contributed by atoms with Crippen LogP contribution in [0.5, 0.6) is 0 Å². The van der Waals surface area contributed by atoms with Gasteiger partial charge in [0.2, 0.25) is 11.1 Å². The lowest BCUT2D eigenvalue weighted by Gasteiger charge is -2.20. The number of amides is 2. The fraction of sp³-hybridized carbons (Fsp3) is 0.286. The van der Waals surface area contributed by atoms with Crippen molar-refractivity contribution in [3.8, 4) is 0 Å². The van der Waals surface area contributed by atoms with Crippen molar-refractivity contribution in [2.45, 2.75) is 32.0 Å². The number of H-pyrrole nitrogens is 1. The quantitative estimate of drug-likeness (QED) is 0.393. The molecule has 0 bridgehead atoms. The molecule has 168 valence electrons. The van der Waals surface area contributed by atoms with Crippen LogP contribution in [0.4, 0.5) is 5.82 Å². The molecule has 11 heteroatoms. The molecule has 0 aliphatic rings. The first-order valence-corrected chi connectivity index (χ1v) is 11.5. The van der Waals surface area contributed by atoms with Crippen LogP contribution in [-0.2, 0) is 4.79 Å². The highest BCUT2D eigenvalue weighted by Gasteiger charge is 2.24. The summed E-state index contributed by atoms with van der Waals surface area (Å²) in [6.07, 6.45) is 1.62. The lowest BCUT2D eigenvalue weighted by molar-refractivity contribution is -0.113. The molecule has 2 amide bonds. The molecule has 0 saturated heterocycles. The van der Waals surface area contributed by atoms with E-state index < -0.39 is 6.04 Å². The molecule has 2 heterocycles. The molecule has 0 aliphatic heterocycles. The summed E-state index contributed by atoms with van der Waals surface area (Å²) in [6, 6.07) is 7.94. The van der Waals surface area contributed by atoms with E-state index in [0.717, 1.165) is 5.56 Å². The van der Waals surface area contributed by atoms with Crippen molar-refractivity contribution in [3.05, 3.63) is 63.5 Å². The van der Waals surface area contributed by atoms with Crippen LogP contribution in [-0.4, -0.2) is 37.7 Å². The van der Waals surface area contributed by atoms with Crippen LogP contribution in [0, 0.1) is 12.8 Å². The first-order valence-electron chi connectivity index (χ1n) is 9.77. The van der Waals surface area contributed by atoms with Crippen molar-refractivity contribution >= 4 is 52.6 Å². The molecule has 0 radical (unpaired) electrons. The van der Waals surface area contributed by atoms with Crippen molar-refractivity contribution in [2.75, 3.05) is 11.1 Å². The number of nitrogens with one attached hydrogen (secondary N) is 3. The zero-order chi connectivity index (χ0) is 23.3. The molecule has 0 fully saturated rings. The van der Waals surface area contributed by atoms with Crippen LogP contribution >= 0.6 is 35.0 Å². The number of hydrogen-bond donors (Lipinski definition) is 3. The zero-order valence-corrected chi connectivity index (χ0v) is 20.0. The van der Waals surface area contributed by atoms with Gasteiger partial charge in [-0.3, -0.25) is 14.7 Å². The fourth-order valence-corrected chi connectivity index (χ4v) is 3.92. The Morgan fingerprint density at radius 3 is 2.69 bits per heavy atom. The SMILES string of the molecule is Cc1cccnc1NC(=O)CSc1n[nH]c([C@H](NC(=O)c2ccc(Cl)cc2Cl)C(C)C)n1. The fourth-order valence-electron chi connectivity index (χ4n) is 2.82. The number of carbonyl (C=O) groups is 2. The predicted molar refractivity (Wildman–Crippen MR) is 126 cm³/mol. The van der Waals surface area contributed by atoms with Gasteiger partial charge in [0.25, 0.3) is 5.91 Å². The molecule has 32 heavy (non-hydrogen) atoms. The Labute approximate surface area is 199 Å². The minimum atomic E-state index is -0.430. The highest BCUT2D eigenvalue weighted by atomic mass is 35.5. The Morgan fingerprint density at radius 2 is 2.00 bits per heavy atom. The number of halogens is 2. The van der Waals surface area contributed by atoms with E-state index in [2.05, 4.69) is 30.8 Å². The third-order valence-electron chi connectivity index (χ3n) is 4.51. The van der Waals surface area contributed by atoms with E-state index in [1.807, 2.05) is 26.8 Å². The van der Waals surface area contributed by atoms with Crippen LogP contribution in [0.2, 0.25) is 10.0 Å². The number of rotatable bonds is 8. The molecule has 8 nitrogen and oxygen atoms in total. The molecular weight excluding hydrogens is 471 g/mol. The summed E-state index contributed by atoms with van der Waals surface area (Å²) in [5, 5.41) is 13.8. The summed E-state index contributed by atoms with van der Waals surface area (Å²) in [5.41, 5.74) is 1.19. The van der Waals surface area contributed by atoms with Crippen LogP contribution in [0.3, 0.4) is 0 Å². The Morgan fingerprint density at radius 1 is 1.22 bits per heavy atom. The van der Waals surface area contributed by atoms with Crippen molar-refractivity contribution in [1.29, 1.82) is 0 Å². The predicted octanol–water partition coefficient (Wildman–Crippen LogP) is 4.67. The van der Waals surface area contributed by atoms with Gasteiger partial charge in [-0.1, -0.05) is 54.9 Å². The average Bonchev–Trinajstić information content (AvgIpc) is 3.20. The molecule has 0 saturated carbocycles. The Bertz CT molecular complexity index is 1120. The number of thioether (sulfide) groups is 1. The molecule has 0 unspecified atom stereocenters. The topological polar surface area (TPSA) is 113 Å². The number of aromatic amines is 1. The first-order chi connectivity index (χ1) is 15.2. The molecule has 3 N–H and O–H groups in total. The molecule has 1 atom stereocenters. The maximum absolute atomic E-state index is 12.7. The number of pyridine rings is 1. The zero-order valence-electron chi connectivity index (χ0n) is 17.6. The van der Waals surface area contributed by atoms with E-state index in [1.165, 1.54) is 17.8 Å². The first kappa shape index (κ1) is 24.0. The van der Waals surface area contributed by atoms with Gasteiger partial charge in [0.1, 0.15) is 11.6 Å². The summed E-state index contributed by atoms with van der Waals surface area (Å²) in [7, 11) is 0. The summed E-state index contributed by atoms with van der Waals surface area (Å²) in [5.74, 6) is 0.590. The molecule has 0 aliphatic carbocycles. The van der Waals surface area contributed by atoms with Crippen molar-refractivity contribution in [1.82, 2.24) is 25.5 Å². The molecule has 3 aromatic rings. The van der Waals surface area contributed by atoms with Gasteiger partial charge in [0.15, 0.2) is 0 Å². The Hall–Kier alpha value is -2.62. The smallest absolute Gasteiger partial charge is 0.253 e. The van der Waals surface area contributed by atoms with E-state index in [0.29, 0.717) is 27.4 Å². The Balaban J connectivity index is 1.63. The number of carbonyl (C=O) groups excluding carboxylic acids is 2. The summed E-state index contributed by atoms with van der Waals surface area (Å²) < 4.78 is 0. The van der Waals surface area contributed by atoms with Crippen LogP contribution < -0.4 is 10.6 Å². The second kappa shape index (κ2) is 10.8. The number of benzene rings is 1. The molecule has 2 aromatic heterocycles. The van der Waals surface area contributed by atoms with Gasteiger partial charge in [-0.15, -0.1) is 5.10 Å². The van der Waals surface area contributed by atoms with Crippen molar-refractivity contribution in [2.24, 2.45) is 5.92 Å². The lowest BCUT2D eigenvalue weighted by atomic mass is 10.0. The maximum Gasteiger partial charge on any atom is 0.253 e. The van der Waals surface area contributed by atoms with Gasteiger partial charge in [-0.25, -0.2) is 9.97 Å². The second-order valence-corrected chi connectivity index (χ2v) is 9.11. The maximum atomic E-state index is 12.7. The third kappa shape index (κ3) is 6.21. The van der Waals surface area contributed by atoms with Crippen LogP contribution in [0.1, 0.15) is 41.6 Å². The van der Waals surface area contributed by atoms with Gasteiger partial charge >= 0.3 is 0 Å². The van der Waals surface area contributed by atoms with Gasteiger partial charge in [0.05, 0.1) is 22.4 Å². The van der Waals surface area contributed by atoms with E-state index in [9.17, 15) is 9.59 Å². The van der Waals surface area contributed by atoms with Gasteiger partial charge in [-0.2, -0.15) is 0 Å². The highest BCUT2D eigenvalue weighted by Crippen LogP contribution is 2.25.